The molecular formula is C12H21N3O2S. The lowest BCUT2D eigenvalue weighted by molar-refractivity contribution is 0.238. The first-order valence-electron chi connectivity index (χ1n) is 6.25. The molecule has 0 unspecified atom stereocenters. The summed E-state index contributed by atoms with van der Waals surface area (Å²) in [6.45, 7) is 5.35. The summed E-state index contributed by atoms with van der Waals surface area (Å²) < 4.78 is 0. The predicted molar refractivity (Wildman–Crippen MR) is 73.0 cm³/mol. The normalized spacial score (nSPS) is 10.4. The van der Waals surface area contributed by atoms with E-state index in [0.717, 1.165) is 23.5 Å². The Labute approximate surface area is 112 Å². The molecule has 5 nitrogen and oxygen atoms in total. The van der Waals surface area contributed by atoms with Crippen molar-refractivity contribution in [2.45, 2.75) is 33.1 Å². The first kappa shape index (κ1) is 14.9. The van der Waals surface area contributed by atoms with Crippen molar-refractivity contribution in [3.05, 3.63) is 15.6 Å². The number of thiazole rings is 1. The Morgan fingerprint density at radius 3 is 2.72 bits per heavy atom. The molecule has 0 aromatic carbocycles. The number of hydrogen-bond acceptors (Lipinski definition) is 4. The summed E-state index contributed by atoms with van der Waals surface area (Å²) >= 11 is 1.70. The van der Waals surface area contributed by atoms with Crippen LogP contribution in [0.15, 0.2) is 0 Å². The molecule has 0 fully saturated rings. The molecule has 1 heterocycles. The molecule has 18 heavy (non-hydrogen) atoms. The van der Waals surface area contributed by atoms with Crippen LogP contribution in [0.1, 0.15) is 28.9 Å². The fraction of sp³-hybridized carbons (Fsp3) is 0.667. The van der Waals surface area contributed by atoms with Crippen molar-refractivity contribution in [2.75, 3.05) is 19.7 Å². The van der Waals surface area contributed by atoms with E-state index >= 15 is 0 Å². The summed E-state index contributed by atoms with van der Waals surface area (Å²) in [5.74, 6) is 0. The SMILES string of the molecule is CCc1nc(CCNC(=O)NCCCO)sc1C. The number of nitrogens with one attached hydrogen (secondary N) is 2. The molecule has 2 amide bonds. The zero-order valence-electron chi connectivity index (χ0n) is 11.0. The van der Waals surface area contributed by atoms with Gasteiger partial charge in [0, 0.05) is 31.0 Å². The monoisotopic (exact) mass is 271 g/mol. The van der Waals surface area contributed by atoms with Gasteiger partial charge in [-0.25, -0.2) is 9.78 Å². The van der Waals surface area contributed by atoms with E-state index < -0.39 is 0 Å². The van der Waals surface area contributed by atoms with Crippen LogP contribution in [-0.2, 0) is 12.8 Å². The maximum Gasteiger partial charge on any atom is 0.314 e. The number of aryl methyl sites for hydroxylation is 2. The molecule has 6 heteroatoms. The minimum Gasteiger partial charge on any atom is -0.396 e. The highest BCUT2D eigenvalue weighted by molar-refractivity contribution is 7.11. The molecule has 1 aromatic heterocycles. The fourth-order valence-corrected chi connectivity index (χ4v) is 2.57. The number of rotatable bonds is 7. The van der Waals surface area contributed by atoms with Gasteiger partial charge in [-0.3, -0.25) is 0 Å². The van der Waals surface area contributed by atoms with Gasteiger partial charge in [0.2, 0.25) is 0 Å². The van der Waals surface area contributed by atoms with Crippen LogP contribution < -0.4 is 10.6 Å². The lowest BCUT2D eigenvalue weighted by atomic mass is 10.3. The maximum absolute atomic E-state index is 11.3. The van der Waals surface area contributed by atoms with Gasteiger partial charge in [0.15, 0.2) is 0 Å². The summed E-state index contributed by atoms with van der Waals surface area (Å²) in [7, 11) is 0. The number of aromatic nitrogens is 1. The average molecular weight is 271 g/mol. The van der Waals surface area contributed by atoms with Crippen molar-refractivity contribution < 1.29 is 9.90 Å². The summed E-state index contributed by atoms with van der Waals surface area (Å²) in [4.78, 5) is 17.1. The zero-order valence-corrected chi connectivity index (χ0v) is 11.8. The molecule has 0 atom stereocenters. The predicted octanol–water partition coefficient (Wildman–Crippen LogP) is 1.24. The number of urea groups is 1. The Bertz CT molecular complexity index is 379. The van der Waals surface area contributed by atoms with Crippen LogP contribution in [0.5, 0.6) is 0 Å². The van der Waals surface area contributed by atoms with Crippen LogP contribution in [0, 0.1) is 6.92 Å². The van der Waals surface area contributed by atoms with E-state index in [9.17, 15) is 4.79 Å². The largest absolute Gasteiger partial charge is 0.396 e. The van der Waals surface area contributed by atoms with Crippen molar-refractivity contribution in [2.24, 2.45) is 0 Å². The lowest BCUT2D eigenvalue weighted by Gasteiger charge is -2.05. The first-order chi connectivity index (χ1) is 8.67. The van der Waals surface area contributed by atoms with Crippen molar-refractivity contribution in [1.82, 2.24) is 15.6 Å². The smallest absolute Gasteiger partial charge is 0.314 e. The number of hydrogen-bond donors (Lipinski definition) is 3. The van der Waals surface area contributed by atoms with Crippen LogP contribution in [0.3, 0.4) is 0 Å². The van der Waals surface area contributed by atoms with E-state index in [2.05, 4.69) is 29.5 Å². The lowest BCUT2D eigenvalue weighted by Crippen LogP contribution is -2.37. The van der Waals surface area contributed by atoms with Gasteiger partial charge in [0.25, 0.3) is 0 Å². The number of aliphatic hydroxyl groups excluding tert-OH is 1. The van der Waals surface area contributed by atoms with E-state index in [1.54, 1.807) is 11.3 Å². The van der Waals surface area contributed by atoms with E-state index in [4.69, 9.17) is 5.11 Å². The van der Waals surface area contributed by atoms with E-state index in [0.29, 0.717) is 19.5 Å². The molecule has 0 bridgehead atoms. The Morgan fingerprint density at radius 2 is 2.11 bits per heavy atom. The molecule has 0 radical (unpaired) electrons. The number of amides is 2. The molecule has 0 saturated carbocycles. The van der Waals surface area contributed by atoms with Gasteiger partial charge >= 0.3 is 6.03 Å². The number of carbonyl (C=O) groups is 1. The minimum absolute atomic E-state index is 0.0957. The second-order valence-electron chi connectivity index (χ2n) is 3.97. The molecule has 0 aliphatic heterocycles. The highest BCUT2D eigenvalue weighted by Gasteiger charge is 2.06. The van der Waals surface area contributed by atoms with Crippen molar-refractivity contribution >= 4 is 17.4 Å². The molecule has 0 aliphatic rings. The Hall–Kier alpha value is -1.14. The zero-order chi connectivity index (χ0) is 13.4. The van der Waals surface area contributed by atoms with E-state index in [-0.39, 0.29) is 12.6 Å². The number of carbonyl (C=O) groups excluding carboxylic acids is 1. The van der Waals surface area contributed by atoms with Gasteiger partial charge in [-0.1, -0.05) is 6.92 Å². The quantitative estimate of drug-likeness (QED) is 0.653. The molecule has 3 N–H and O–H groups in total. The van der Waals surface area contributed by atoms with Gasteiger partial charge in [-0.05, 0) is 19.8 Å². The second kappa shape index (κ2) is 8.05. The standard InChI is InChI=1S/C12H21N3O2S/c1-3-10-9(2)18-11(15-10)5-7-14-12(17)13-6-4-8-16/h16H,3-8H2,1-2H3,(H2,13,14,17). The topological polar surface area (TPSA) is 74.2 Å². The number of aliphatic hydroxyl groups is 1. The van der Waals surface area contributed by atoms with Gasteiger partial charge < -0.3 is 15.7 Å². The van der Waals surface area contributed by atoms with E-state index in [1.807, 2.05) is 0 Å². The molecule has 1 rings (SSSR count). The first-order valence-corrected chi connectivity index (χ1v) is 7.06. The van der Waals surface area contributed by atoms with Crippen LogP contribution in [0.25, 0.3) is 0 Å². The average Bonchev–Trinajstić information content (AvgIpc) is 2.70. The summed E-state index contributed by atoms with van der Waals surface area (Å²) in [6, 6.07) is -0.188. The third-order valence-electron chi connectivity index (χ3n) is 2.52. The van der Waals surface area contributed by atoms with Crippen LogP contribution in [-0.4, -0.2) is 35.8 Å². The number of nitrogens with zero attached hydrogens (tertiary/aromatic N) is 1. The fourth-order valence-electron chi connectivity index (χ4n) is 1.55. The molecule has 0 aliphatic carbocycles. The second-order valence-corrected chi connectivity index (χ2v) is 5.26. The highest BCUT2D eigenvalue weighted by Crippen LogP contribution is 2.17. The third kappa shape index (κ3) is 5.01. The Morgan fingerprint density at radius 1 is 1.39 bits per heavy atom. The maximum atomic E-state index is 11.3. The van der Waals surface area contributed by atoms with Crippen LogP contribution >= 0.6 is 11.3 Å². The molecule has 102 valence electrons. The Kier molecular flexibility index (Phi) is 6.67. The Balaban J connectivity index is 2.22. The highest BCUT2D eigenvalue weighted by atomic mass is 32.1. The molecule has 0 spiro atoms. The molecule has 0 saturated heterocycles. The van der Waals surface area contributed by atoms with Crippen molar-refractivity contribution in [3.63, 3.8) is 0 Å². The summed E-state index contributed by atoms with van der Waals surface area (Å²) in [5.41, 5.74) is 1.15. The van der Waals surface area contributed by atoms with Crippen molar-refractivity contribution in [3.8, 4) is 0 Å². The molecular weight excluding hydrogens is 250 g/mol. The van der Waals surface area contributed by atoms with Gasteiger partial charge in [-0.2, -0.15) is 0 Å². The van der Waals surface area contributed by atoms with Gasteiger partial charge in [0.05, 0.1) is 10.7 Å². The minimum atomic E-state index is -0.188. The van der Waals surface area contributed by atoms with Crippen LogP contribution in [0.4, 0.5) is 4.79 Å². The van der Waals surface area contributed by atoms with Gasteiger partial charge in [0.1, 0.15) is 0 Å². The van der Waals surface area contributed by atoms with Crippen LogP contribution in [0.2, 0.25) is 0 Å². The summed E-state index contributed by atoms with van der Waals surface area (Å²) in [6.07, 6.45) is 2.30. The van der Waals surface area contributed by atoms with Gasteiger partial charge in [-0.15, -0.1) is 11.3 Å². The third-order valence-corrected chi connectivity index (χ3v) is 3.59. The molecule has 1 aromatic rings. The van der Waals surface area contributed by atoms with Crippen molar-refractivity contribution in [1.29, 1.82) is 0 Å². The summed E-state index contributed by atoms with van der Waals surface area (Å²) in [5, 5.41) is 15.1. The van der Waals surface area contributed by atoms with E-state index in [1.165, 1.54) is 4.88 Å².